The highest BCUT2D eigenvalue weighted by Gasteiger charge is 2.72. The summed E-state index contributed by atoms with van der Waals surface area (Å²) in [6.45, 7) is 18.9. The third-order valence-corrected chi connectivity index (χ3v) is 15.3. The molecular formula is C39H57NO4. The van der Waals surface area contributed by atoms with Gasteiger partial charge in [0, 0.05) is 5.41 Å². The highest BCUT2D eigenvalue weighted by atomic mass is 16.5. The molecule has 5 aliphatic carbocycles. The predicted octanol–water partition coefficient (Wildman–Crippen LogP) is 8.21. The summed E-state index contributed by atoms with van der Waals surface area (Å²) >= 11 is 0. The second-order valence-electron chi connectivity index (χ2n) is 17.2. The molecule has 44 heavy (non-hydrogen) atoms. The molecule has 0 heterocycles. The summed E-state index contributed by atoms with van der Waals surface area (Å²) in [7, 11) is 0. The monoisotopic (exact) mass is 603 g/mol. The van der Waals surface area contributed by atoms with E-state index >= 15 is 0 Å². The molecule has 0 radical (unpaired) electrons. The maximum Gasteiger partial charge on any atom is 0.323 e. The molecule has 5 aliphatic rings. The molecule has 6 unspecified atom stereocenters. The smallest absolute Gasteiger partial charge is 0.323 e. The van der Waals surface area contributed by atoms with Gasteiger partial charge in [0.25, 0.3) is 0 Å². The lowest BCUT2D eigenvalue weighted by Crippen LogP contribution is -2.67. The van der Waals surface area contributed by atoms with E-state index in [2.05, 4.69) is 48.1 Å². The van der Waals surface area contributed by atoms with E-state index in [1.165, 1.54) is 12.0 Å². The zero-order chi connectivity index (χ0) is 31.9. The molecule has 11 atom stereocenters. The number of carboxylic acids is 1. The van der Waals surface area contributed by atoms with E-state index in [-0.39, 0.29) is 39.7 Å². The quantitative estimate of drug-likeness (QED) is 0.253. The van der Waals surface area contributed by atoms with Crippen LogP contribution in [0, 0.1) is 56.7 Å². The minimum atomic E-state index is -0.658. The van der Waals surface area contributed by atoms with Crippen molar-refractivity contribution in [2.75, 3.05) is 0 Å². The fraction of sp³-hybridized carbons (Fsp3) is 0.744. The van der Waals surface area contributed by atoms with Crippen molar-refractivity contribution in [2.45, 2.75) is 124 Å². The Labute approximate surface area is 265 Å². The number of carbonyl (C=O) groups is 2. The van der Waals surface area contributed by atoms with Crippen LogP contribution in [0.3, 0.4) is 0 Å². The van der Waals surface area contributed by atoms with Gasteiger partial charge >= 0.3 is 11.9 Å². The van der Waals surface area contributed by atoms with E-state index in [1.807, 2.05) is 30.3 Å². The van der Waals surface area contributed by atoms with Crippen LogP contribution in [0.2, 0.25) is 0 Å². The summed E-state index contributed by atoms with van der Waals surface area (Å²) in [5.41, 5.74) is 8.32. The fourth-order valence-electron chi connectivity index (χ4n) is 12.9. The first-order chi connectivity index (χ1) is 20.6. The Kier molecular flexibility index (Phi) is 7.75. The Bertz CT molecular complexity index is 1310. The van der Waals surface area contributed by atoms with Crippen LogP contribution in [0.15, 0.2) is 42.5 Å². The van der Waals surface area contributed by atoms with Gasteiger partial charge in [0.1, 0.15) is 12.1 Å². The Morgan fingerprint density at radius 2 is 1.61 bits per heavy atom. The molecule has 5 heteroatoms. The second-order valence-corrected chi connectivity index (χ2v) is 17.2. The van der Waals surface area contributed by atoms with E-state index in [9.17, 15) is 14.7 Å². The van der Waals surface area contributed by atoms with Crippen LogP contribution in [0.25, 0.3) is 0 Å². The lowest BCUT2D eigenvalue weighted by molar-refractivity contribution is -0.250. The Morgan fingerprint density at radius 3 is 2.27 bits per heavy atom. The molecule has 1 aromatic carbocycles. The maximum atomic E-state index is 13.3. The standard InChI is InChI=1S/C39H57NO4/c1-24(2)26-15-20-39(34(42)43)22-21-37(6)27(32(26)39)13-14-30-36(5)18-17-31(35(3,4)29(36)16-19-38(30,37)7)44-33(41)28(40)23-25-11-9-8-10-12-25/h8-12,26-32H,1,13-23,40H2,2-7H3,(H,42,43)/t26?,27?,28?,29?,30?,31-,32?,36-,37+,38+,39-/m0/s1. The van der Waals surface area contributed by atoms with Crippen LogP contribution in [0.1, 0.15) is 111 Å². The Hall–Kier alpha value is -2.14. The number of fused-ring (bicyclic) bond motifs is 7. The van der Waals surface area contributed by atoms with Crippen molar-refractivity contribution in [1.29, 1.82) is 0 Å². The number of allylic oxidation sites excluding steroid dienone is 1. The van der Waals surface area contributed by atoms with Crippen molar-refractivity contribution < 1.29 is 19.4 Å². The van der Waals surface area contributed by atoms with Gasteiger partial charge in [0.15, 0.2) is 0 Å². The SMILES string of the molecule is C=C(C)C1CC[C@]2(C(=O)O)CC[C@]3(C)C(CCC4[C@@]5(C)CC[C@H](OC(=O)C(N)Cc6ccccc6)C(C)(C)C5CC[C@]43C)C12. The van der Waals surface area contributed by atoms with Crippen LogP contribution >= 0.6 is 0 Å². The maximum absolute atomic E-state index is 13.3. The first-order valence-electron chi connectivity index (χ1n) is 17.5. The van der Waals surface area contributed by atoms with Crippen molar-refractivity contribution in [2.24, 2.45) is 62.4 Å². The molecule has 242 valence electrons. The van der Waals surface area contributed by atoms with Crippen LogP contribution < -0.4 is 5.73 Å². The van der Waals surface area contributed by atoms with Gasteiger partial charge in [-0.15, -0.1) is 0 Å². The lowest BCUT2D eigenvalue weighted by atomic mass is 9.32. The fourth-order valence-corrected chi connectivity index (χ4v) is 12.9. The first-order valence-corrected chi connectivity index (χ1v) is 17.5. The van der Waals surface area contributed by atoms with Crippen LogP contribution in [-0.2, 0) is 20.7 Å². The number of nitrogens with two attached hydrogens (primary N) is 1. The van der Waals surface area contributed by atoms with Gasteiger partial charge in [0.2, 0.25) is 0 Å². The van der Waals surface area contributed by atoms with Crippen LogP contribution in [-0.4, -0.2) is 29.2 Å². The van der Waals surface area contributed by atoms with Crippen molar-refractivity contribution >= 4 is 11.9 Å². The number of aliphatic carboxylic acids is 1. The zero-order valence-corrected chi connectivity index (χ0v) is 28.2. The number of carbonyl (C=O) groups excluding carboxylic acids is 1. The molecule has 0 spiro atoms. The summed E-state index contributed by atoms with van der Waals surface area (Å²) in [6, 6.07) is 9.29. The van der Waals surface area contributed by atoms with Gasteiger partial charge in [0.05, 0.1) is 5.41 Å². The Morgan fingerprint density at radius 1 is 0.909 bits per heavy atom. The average Bonchev–Trinajstić information content (AvgIpc) is 3.37. The molecule has 0 bridgehead atoms. The topological polar surface area (TPSA) is 89.6 Å². The Balaban J connectivity index is 1.24. The number of hydrogen-bond donors (Lipinski definition) is 2. The van der Waals surface area contributed by atoms with Gasteiger partial charge in [-0.25, -0.2) is 0 Å². The number of rotatable bonds is 6. The van der Waals surface area contributed by atoms with Crippen LogP contribution in [0.5, 0.6) is 0 Å². The largest absolute Gasteiger partial charge is 0.481 e. The normalized spacial score (nSPS) is 44.7. The van der Waals surface area contributed by atoms with Crippen molar-refractivity contribution in [1.82, 2.24) is 0 Å². The minimum absolute atomic E-state index is 0.114. The highest BCUT2D eigenvalue weighted by molar-refractivity contribution is 5.76. The molecule has 3 N–H and O–H groups in total. The molecule has 0 aliphatic heterocycles. The van der Waals surface area contributed by atoms with Gasteiger partial charge in [-0.3, -0.25) is 9.59 Å². The summed E-state index contributed by atoms with van der Waals surface area (Å²) in [5.74, 6) is 1.14. The van der Waals surface area contributed by atoms with Gasteiger partial charge < -0.3 is 15.6 Å². The van der Waals surface area contributed by atoms with E-state index in [0.717, 1.165) is 63.4 Å². The second kappa shape index (κ2) is 10.7. The average molecular weight is 604 g/mol. The van der Waals surface area contributed by atoms with E-state index in [4.69, 9.17) is 10.5 Å². The van der Waals surface area contributed by atoms with Crippen LogP contribution in [0.4, 0.5) is 0 Å². The highest BCUT2D eigenvalue weighted by Crippen LogP contribution is 2.77. The molecule has 5 saturated carbocycles. The first kappa shape index (κ1) is 31.8. The molecule has 0 aromatic heterocycles. The molecule has 0 saturated heterocycles. The van der Waals surface area contributed by atoms with Gasteiger partial charge in [-0.2, -0.15) is 0 Å². The van der Waals surface area contributed by atoms with Crippen molar-refractivity contribution in [3.8, 4) is 0 Å². The van der Waals surface area contributed by atoms with E-state index in [0.29, 0.717) is 30.1 Å². The zero-order valence-electron chi connectivity index (χ0n) is 28.2. The van der Waals surface area contributed by atoms with Gasteiger partial charge in [-0.05, 0) is 129 Å². The number of hydrogen-bond acceptors (Lipinski definition) is 4. The number of carboxylic acid groups (broad SMARTS) is 1. The lowest BCUT2D eigenvalue weighted by Gasteiger charge is -2.72. The van der Waals surface area contributed by atoms with Crippen molar-refractivity contribution in [3.05, 3.63) is 48.0 Å². The summed E-state index contributed by atoms with van der Waals surface area (Å²) in [6.07, 6.45) is 10.5. The number of ether oxygens (including phenoxy) is 1. The molecule has 5 nitrogen and oxygen atoms in total. The number of benzene rings is 1. The third kappa shape index (κ3) is 4.41. The van der Waals surface area contributed by atoms with Crippen molar-refractivity contribution in [3.63, 3.8) is 0 Å². The molecule has 5 fully saturated rings. The molecule has 1 aromatic rings. The minimum Gasteiger partial charge on any atom is -0.481 e. The summed E-state index contributed by atoms with van der Waals surface area (Å²) in [5, 5.41) is 10.6. The molecule has 0 amide bonds. The number of esters is 1. The third-order valence-electron chi connectivity index (χ3n) is 15.3. The van der Waals surface area contributed by atoms with Gasteiger partial charge in [-0.1, -0.05) is 77.1 Å². The molecular weight excluding hydrogens is 546 g/mol. The predicted molar refractivity (Wildman–Crippen MR) is 175 cm³/mol. The van der Waals surface area contributed by atoms with E-state index in [1.54, 1.807) is 0 Å². The summed E-state index contributed by atoms with van der Waals surface area (Å²) < 4.78 is 6.29. The summed E-state index contributed by atoms with van der Waals surface area (Å²) in [4.78, 5) is 26.2. The van der Waals surface area contributed by atoms with E-state index < -0.39 is 17.4 Å². The molecule has 6 rings (SSSR count).